The Morgan fingerprint density at radius 3 is 2.36 bits per heavy atom. The van der Waals surface area contributed by atoms with E-state index in [9.17, 15) is 9.59 Å². The van der Waals surface area contributed by atoms with Crippen LogP contribution in [0.5, 0.6) is 0 Å². The molecule has 0 aliphatic rings. The summed E-state index contributed by atoms with van der Waals surface area (Å²) in [5, 5.41) is 0. The Hall–Kier alpha value is -1.78. The van der Waals surface area contributed by atoms with Crippen LogP contribution in [0.1, 0.15) is 48.0 Å². The largest absolute Gasteiger partial charge is 0.464 e. The predicted molar refractivity (Wildman–Crippen MR) is 87.6 cm³/mol. The van der Waals surface area contributed by atoms with E-state index in [4.69, 9.17) is 9.47 Å². The molecule has 0 aromatic heterocycles. The van der Waals surface area contributed by atoms with Gasteiger partial charge in [-0.15, -0.1) is 0 Å². The lowest BCUT2D eigenvalue weighted by atomic mass is 10.1. The van der Waals surface area contributed by atoms with E-state index in [0.717, 1.165) is 5.57 Å². The van der Waals surface area contributed by atoms with Crippen LogP contribution in [0.2, 0.25) is 0 Å². The second-order valence-corrected chi connectivity index (χ2v) is 6.01. The average Bonchev–Trinajstić information content (AvgIpc) is 2.37. The van der Waals surface area contributed by atoms with E-state index in [1.807, 2.05) is 19.1 Å². The number of nitrogens with zero attached hydrogens (tertiary/aromatic N) is 1. The third-order valence-electron chi connectivity index (χ3n) is 2.80. The van der Waals surface area contributed by atoms with Gasteiger partial charge >= 0.3 is 12.1 Å². The zero-order valence-corrected chi connectivity index (χ0v) is 14.6. The van der Waals surface area contributed by atoms with Gasteiger partial charge in [0.1, 0.15) is 11.6 Å². The monoisotopic (exact) mass is 311 g/mol. The summed E-state index contributed by atoms with van der Waals surface area (Å²) in [5.41, 5.74) is 0.261. The van der Waals surface area contributed by atoms with Gasteiger partial charge in [-0.2, -0.15) is 0 Å². The molecule has 5 nitrogen and oxygen atoms in total. The van der Waals surface area contributed by atoms with E-state index in [1.54, 1.807) is 34.6 Å². The maximum Gasteiger partial charge on any atom is 0.411 e. The van der Waals surface area contributed by atoms with Crippen molar-refractivity contribution in [1.82, 2.24) is 4.90 Å². The van der Waals surface area contributed by atoms with Gasteiger partial charge in [-0.1, -0.05) is 24.3 Å². The zero-order valence-electron chi connectivity index (χ0n) is 14.6. The van der Waals surface area contributed by atoms with Gasteiger partial charge in [0, 0.05) is 6.54 Å². The molecule has 0 aromatic carbocycles. The van der Waals surface area contributed by atoms with Crippen LogP contribution in [0.4, 0.5) is 4.79 Å². The Bertz CT molecular complexity index is 421. The van der Waals surface area contributed by atoms with Crippen molar-refractivity contribution in [2.24, 2.45) is 0 Å². The predicted octanol–water partition coefficient (Wildman–Crippen LogP) is 3.70. The molecule has 5 heteroatoms. The molecule has 22 heavy (non-hydrogen) atoms. The molecular weight excluding hydrogens is 282 g/mol. The summed E-state index contributed by atoms with van der Waals surface area (Å²) in [7, 11) is 0. The number of allylic oxidation sites excluding steroid dienone is 2. The summed E-state index contributed by atoms with van der Waals surface area (Å²) >= 11 is 0. The molecule has 1 atom stereocenters. The molecule has 0 saturated carbocycles. The van der Waals surface area contributed by atoms with Crippen LogP contribution in [-0.2, 0) is 14.3 Å². The van der Waals surface area contributed by atoms with Crippen LogP contribution in [0.25, 0.3) is 0 Å². The topological polar surface area (TPSA) is 55.8 Å². The number of hydrogen-bond donors (Lipinski definition) is 0. The lowest BCUT2D eigenvalue weighted by Gasteiger charge is -2.30. The molecule has 0 rings (SSSR count). The summed E-state index contributed by atoms with van der Waals surface area (Å²) in [4.78, 5) is 25.6. The van der Waals surface area contributed by atoms with Crippen molar-refractivity contribution < 1.29 is 19.1 Å². The first kappa shape index (κ1) is 20.2. The fraction of sp³-hybridized carbons (Fsp3) is 0.647. The van der Waals surface area contributed by atoms with E-state index in [2.05, 4.69) is 6.58 Å². The highest BCUT2D eigenvalue weighted by Crippen LogP contribution is 2.14. The minimum atomic E-state index is -0.701. The summed E-state index contributed by atoms with van der Waals surface area (Å²) < 4.78 is 10.4. The van der Waals surface area contributed by atoms with Crippen LogP contribution in [0.3, 0.4) is 0 Å². The van der Waals surface area contributed by atoms with Crippen LogP contribution >= 0.6 is 0 Å². The second-order valence-electron chi connectivity index (χ2n) is 6.01. The lowest BCUT2D eigenvalue weighted by molar-refractivity contribution is -0.148. The Kier molecular flexibility index (Phi) is 8.53. The molecular formula is C17H29NO4. The number of rotatable bonds is 7. The SMILES string of the molecule is C=C(/C=C\C)CCN(C(=O)OC(C)(C)C)C(C)C(=O)OCC. The van der Waals surface area contributed by atoms with Gasteiger partial charge in [0.05, 0.1) is 6.61 Å². The van der Waals surface area contributed by atoms with E-state index in [-0.39, 0.29) is 6.61 Å². The summed E-state index contributed by atoms with van der Waals surface area (Å²) in [6.07, 6.45) is 3.80. The van der Waals surface area contributed by atoms with Crippen molar-refractivity contribution in [3.63, 3.8) is 0 Å². The maximum absolute atomic E-state index is 12.3. The molecule has 0 fully saturated rings. The molecule has 0 aromatic rings. The summed E-state index contributed by atoms with van der Waals surface area (Å²) in [5.74, 6) is -0.440. The number of ether oxygens (including phenoxy) is 2. The first-order valence-electron chi connectivity index (χ1n) is 7.59. The smallest absolute Gasteiger partial charge is 0.411 e. The quantitative estimate of drug-likeness (QED) is 0.531. The van der Waals surface area contributed by atoms with Crippen LogP contribution < -0.4 is 0 Å². The van der Waals surface area contributed by atoms with Crippen molar-refractivity contribution in [3.8, 4) is 0 Å². The van der Waals surface area contributed by atoms with Gasteiger partial charge in [0.2, 0.25) is 0 Å². The minimum Gasteiger partial charge on any atom is -0.464 e. The third-order valence-corrected chi connectivity index (χ3v) is 2.80. The number of carbonyl (C=O) groups is 2. The number of hydrogen-bond acceptors (Lipinski definition) is 4. The highest BCUT2D eigenvalue weighted by atomic mass is 16.6. The van der Waals surface area contributed by atoms with E-state index in [0.29, 0.717) is 13.0 Å². The van der Waals surface area contributed by atoms with Gasteiger partial charge < -0.3 is 9.47 Å². The molecule has 1 unspecified atom stereocenters. The Balaban J connectivity index is 5.01. The zero-order chi connectivity index (χ0) is 17.3. The molecule has 0 bridgehead atoms. The molecule has 1 amide bonds. The minimum absolute atomic E-state index is 0.274. The average molecular weight is 311 g/mol. The lowest BCUT2D eigenvalue weighted by Crippen LogP contribution is -2.46. The maximum atomic E-state index is 12.3. The van der Waals surface area contributed by atoms with Crippen LogP contribution in [0.15, 0.2) is 24.3 Å². The van der Waals surface area contributed by atoms with Crippen molar-refractivity contribution >= 4 is 12.1 Å². The van der Waals surface area contributed by atoms with E-state index >= 15 is 0 Å². The summed E-state index contributed by atoms with van der Waals surface area (Å²) in [6, 6.07) is -0.701. The highest BCUT2D eigenvalue weighted by Gasteiger charge is 2.30. The van der Waals surface area contributed by atoms with Gasteiger partial charge in [-0.3, -0.25) is 4.90 Å². The fourth-order valence-corrected chi connectivity index (χ4v) is 1.74. The fourth-order valence-electron chi connectivity index (χ4n) is 1.74. The molecule has 0 saturated heterocycles. The molecule has 0 aliphatic carbocycles. The highest BCUT2D eigenvalue weighted by molar-refractivity contribution is 5.81. The van der Waals surface area contributed by atoms with Crippen molar-refractivity contribution in [2.45, 2.75) is 59.6 Å². The van der Waals surface area contributed by atoms with Crippen LogP contribution in [-0.4, -0.2) is 41.8 Å². The number of esters is 1. The third kappa shape index (κ3) is 7.86. The normalized spacial score (nSPS) is 12.8. The van der Waals surface area contributed by atoms with Gasteiger partial charge in [0.25, 0.3) is 0 Å². The first-order chi connectivity index (χ1) is 10.1. The Morgan fingerprint density at radius 1 is 1.32 bits per heavy atom. The molecule has 0 spiro atoms. The van der Waals surface area contributed by atoms with Crippen LogP contribution in [0, 0.1) is 0 Å². The number of carbonyl (C=O) groups excluding carboxylic acids is 2. The number of amides is 1. The van der Waals surface area contributed by atoms with Gasteiger partial charge in [0.15, 0.2) is 0 Å². The van der Waals surface area contributed by atoms with Crippen molar-refractivity contribution in [2.75, 3.05) is 13.2 Å². The van der Waals surface area contributed by atoms with Gasteiger partial charge in [-0.05, 0) is 48.0 Å². The van der Waals surface area contributed by atoms with E-state index in [1.165, 1.54) is 4.90 Å². The molecule has 0 N–H and O–H groups in total. The van der Waals surface area contributed by atoms with E-state index < -0.39 is 23.7 Å². The van der Waals surface area contributed by atoms with Crippen molar-refractivity contribution in [1.29, 1.82) is 0 Å². The van der Waals surface area contributed by atoms with Crippen molar-refractivity contribution in [3.05, 3.63) is 24.3 Å². The molecule has 0 heterocycles. The summed E-state index contributed by atoms with van der Waals surface area (Å²) in [6.45, 7) is 15.2. The van der Waals surface area contributed by atoms with Gasteiger partial charge in [-0.25, -0.2) is 9.59 Å². The molecule has 0 aliphatic heterocycles. The second kappa shape index (κ2) is 9.28. The Labute approximate surface area is 134 Å². The first-order valence-corrected chi connectivity index (χ1v) is 7.59. The molecule has 0 radical (unpaired) electrons. The molecule has 126 valence electrons. The standard InChI is InChI=1S/C17H29NO4/c1-8-10-13(3)11-12-18(14(4)15(19)21-9-2)16(20)22-17(5,6)7/h8,10,14H,3,9,11-12H2,1-2,4-7H3/b10-8-. The Morgan fingerprint density at radius 2 is 1.91 bits per heavy atom.